The first-order valence-corrected chi connectivity index (χ1v) is 6.75. The van der Waals surface area contributed by atoms with Gasteiger partial charge in [-0.1, -0.05) is 48.5 Å². The molecule has 0 saturated carbocycles. The van der Waals surface area contributed by atoms with Gasteiger partial charge in [-0.05, 0) is 30.0 Å². The lowest BCUT2D eigenvalue weighted by atomic mass is 10.0. The maximum absolute atomic E-state index is 12.6. The summed E-state index contributed by atoms with van der Waals surface area (Å²) in [5, 5.41) is -0.189. The SMILES string of the molecule is FC(F)(F)c1cccc(CCC(Cl)c2ccccc2)c1. The van der Waals surface area contributed by atoms with Gasteiger partial charge in [-0.3, -0.25) is 0 Å². The van der Waals surface area contributed by atoms with Crippen LogP contribution in [0, 0.1) is 0 Å². The molecule has 0 aliphatic carbocycles. The lowest BCUT2D eigenvalue weighted by Crippen LogP contribution is -2.05. The minimum Gasteiger partial charge on any atom is -0.166 e. The third-order valence-electron chi connectivity index (χ3n) is 3.10. The van der Waals surface area contributed by atoms with E-state index < -0.39 is 11.7 Å². The third kappa shape index (κ3) is 4.01. The van der Waals surface area contributed by atoms with Gasteiger partial charge in [0, 0.05) is 0 Å². The molecule has 4 heteroatoms. The molecule has 0 saturated heterocycles. The van der Waals surface area contributed by atoms with Crippen LogP contribution in [-0.2, 0) is 12.6 Å². The maximum Gasteiger partial charge on any atom is 0.416 e. The van der Waals surface area contributed by atoms with Gasteiger partial charge < -0.3 is 0 Å². The first-order valence-electron chi connectivity index (χ1n) is 6.32. The normalized spacial score (nSPS) is 13.2. The zero-order valence-electron chi connectivity index (χ0n) is 10.7. The fourth-order valence-corrected chi connectivity index (χ4v) is 2.28. The Hall–Kier alpha value is -1.48. The van der Waals surface area contributed by atoms with Crippen molar-refractivity contribution >= 4 is 11.6 Å². The molecule has 0 spiro atoms. The predicted octanol–water partition coefficient (Wildman–Crippen LogP) is 5.62. The smallest absolute Gasteiger partial charge is 0.166 e. The van der Waals surface area contributed by atoms with Crippen molar-refractivity contribution in [1.82, 2.24) is 0 Å². The third-order valence-corrected chi connectivity index (χ3v) is 3.57. The van der Waals surface area contributed by atoms with E-state index in [0.717, 1.165) is 11.6 Å². The molecule has 0 bridgehead atoms. The van der Waals surface area contributed by atoms with E-state index in [1.54, 1.807) is 6.07 Å². The molecule has 2 aromatic rings. The summed E-state index contributed by atoms with van der Waals surface area (Å²) in [6.07, 6.45) is -3.17. The minimum absolute atomic E-state index is 0.189. The van der Waals surface area contributed by atoms with Crippen LogP contribution in [-0.4, -0.2) is 0 Å². The average molecular weight is 299 g/mol. The molecule has 106 valence electrons. The molecule has 1 unspecified atom stereocenters. The summed E-state index contributed by atoms with van der Waals surface area (Å²) < 4.78 is 37.8. The molecule has 0 fully saturated rings. The highest BCUT2D eigenvalue weighted by atomic mass is 35.5. The molecule has 2 aromatic carbocycles. The van der Waals surface area contributed by atoms with Gasteiger partial charge in [-0.15, -0.1) is 11.6 Å². The van der Waals surface area contributed by atoms with Gasteiger partial charge in [0.15, 0.2) is 0 Å². The van der Waals surface area contributed by atoms with Gasteiger partial charge in [0.2, 0.25) is 0 Å². The zero-order valence-corrected chi connectivity index (χ0v) is 11.5. The molecule has 2 rings (SSSR count). The van der Waals surface area contributed by atoms with Crippen LogP contribution in [0.4, 0.5) is 13.2 Å². The van der Waals surface area contributed by atoms with Gasteiger partial charge in [0.25, 0.3) is 0 Å². The lowest BCUT2D eigenvalue weighted by Gasteiger charge is -2.11. The topological polar surface area (TPSA) is 0 Å². The van der Waals surface area contributed by atoms with E-state index >= 15 is 0 Å². The van der Waals surface area contributed by atoms with Crippen molar-refractivity contribution in [2.24, 2.45) is 0 Å². The Morgan fingerprint density at radius 1 is 0.950 bits per heavy atom. The van der Waals surface area contributed by atoms with Crippen molar-refractivity contribution in [3.05, 3.63) is 71.3 Å². The van der Waals surface area contributed by atoms with E-state index in [4.69, 9.17) is 11.6 Å². The summed E-state index contributed by atoms with van der Waals surface area (Å²) in [6.45, 7) is 0. The molecular formula is C16H14ClF3. The fraction of sp³-hybridized carbons (Fsp3) is 0.250. The molecule has 0 radical (unpaired) electrons. The fourth-order valence-electron chi connectivity index (χ4n) is 2.03. The first-order chi connectivity index (χ1) is 9.47. The second kappa shape index (κ2) is 6.31. The molecule has 0 N–H and O–H groups in total. The van der Waals surface area contributed by atoms with Gasteiger partial charge in [-0.25, -0.2) is 0 Å². The van der Waals surface area contributed by atoms with Gasteiger partial charge in [0.05, 0.1) is 10.9 Å². The molecule has 20 heavy (non-hydrogen) atoms. The Bertz CT molecular complexity index is 549. The van der Waals surface area contributed by atoms with E-state index in [-0.39, 0.29) is 5.38 Å². The van der Waals surface area contributed by atoms with E-state index in [9.17, 15) is 13.2 Å². The molecule has 0 aliphatic heterocycles. The monoisotopic (exact) mass is 298 g/mol. The number of hydrogen-bond acceptors (Lipinski definition) is 0. The highest BCUT2D eigenvalue weighted by Crippen LogP contribution is 2.31. The molecule has 0 heterocycles. The number of benzene rings is 2. The number of aryl methyl sites for hydroxylation is 1. The molecule has 0 aromatic heterocycles. The maximum atomic E-state index is 12.6. The summed E-state index contributed by atoms with van der Waals surface area (Å²) in [4.78, 5) is 0. The van der Waals surface area contributed by atoms with Crippen molar-refractivity contribution in [2.45, 2.75) is 24.4 Å². The Morgan fingerprint density at radius 3 is 2.30 bits per heavy atom. The number of rotatable bonds is 4. The number of alkyl halides is 4. The Kier molecular flexibility index (Phi) is 4.71. The molecule has 0 aliphatic rings. The lowest BCUT2D eigenvalue weighted by molar-refractivity contribution is -0.137. The largest absolute Gasteiger partial charge is 0.416 e. The average Bonchev–Trinajstić information content (AvgIpc) is 2.45. The second-order valence-corrected chi connectivity index (χ2v) is 5.14. The summed E-state index contributed by atoms with van der Waals surface area (Å²) in [5.74, 6) is 0. The predicted molar refractivity (Wildman–Crippen MR) is 74.8 cm³/mol. The van der Waals surface area contributed by atoms with Gasteiger partial charge in [0.1, 0.15) is 0 Å². The van der Waals surface area contributed by atoms with Crippen LogP contribution in [0.2, 0.25) is 0 Å². The highest BCUT2D eigenvalue weighted by molar-refractivity contribution is 6.20. The standard InChI is InChI=1S/C16H14ClF3/c17-15(13-6-2-1-3-7-13)10-9-12-5-4-8-14(11-12)16(18,19)20/h1-8,11,15H,9-10H2. The van der Waals surface area contributed by atoms with Crippen molar-refractivity contribution < 1.29 is 13.2 Å². The van der Waals surface area contributed by atoms with Crippen molar-refractivity contribution in [3.8, 4) is 0 Å². The molecule has 0 nitrogen and oxygen atoms in total. The quantitative estimate of drug-likeness (QED) is 0.643. The van der Waals surface area contributed by atoms with Crippen molar-refractivity contribution in [1.29, 1.82) is 0 Å². The number of halogens is 4. The van der Waals surface area contributed by atoms with E-state index in [1.165, 1.54) is 12.1 Å². The Labute approximate surface area is 121 Å². The molecule has 1 atom stereocenters. The van der Waals surface area contributed by atoms with E-state index in [2.05, 4.69) is 0 Å². The first kappa shape index (κ1) is 14.9. The zero-order chi connectivity index (χ0) is 14.6. The van der Waals surface area contributed by atoms with Crippen LogP contribution >= 0.6 is 11.6 Å². The second-order valence-electron chi connectivity index (χ2n) is 4.62. The van der Waals surface area contributed by atoms with Crippen LogP contribution in [0.5, 0.6) is 0 Å². The molecular weight excluding hydrogens is 285 g/mol. The van der Waals surface area contributed by atoms with Crippen LogP contribution < -0.4 is 0 Å². The summed E-state index contributed by atoms with van der Waals surface area (Å²) in [6, 6.07) is 14.9. The summed E-state index contributed by atoms with van der Waals surface area (Å²) in [7, 11) is 0. The van der Waals surface area contributed by atoms with E-state index in [1.807, 2.05) is 30.3 Å². The number of hydrogen-bond donors (Lipinski definition) is 0. The molecule has 0 amide bonds. The van der Waals surface area contributed by atoms with Gasteiger partial charge >= 0.3 is 6.18 Å². The van der Waals surface area contributed by atoms with Crippen LogP contribution in [0.3, 0.4) is 0 Å². The minimum atomic E-state index is -4.30. The van der Waals surface area contributed by atoms with Crippen molar-refractivity contribution in [3.63, 3.8) is 0 Å². The Morgan fingerprint density at radius 2 is 1.65 bits per heavy atom. The highest BCUT2D eigenvalue weighted by Gasteiger charge is 2.30. The summed E-state index contributed by atoms with van der Waals surface area (Å²) in [5.41, 5.74) is 1.03. The van der Waals surface area contributed by atoms with Crippen LogP contribution in [0.25, 0.3) is 0 Å². The Balaban J connectivity index is 2.01. The van der Waals surface area contributed by atoms with Crippen molar-refractivity contribution in [2.75, 3.05) is 0 Å². The van der Waals surface area contributed by atoms with E-state index in [0.29, 0.717) is 18.4 Å². The van der Waals surface area contributed by atoms with Crippen LogP contribution in [0.15, 0.2) is 54.6 Å². The summed E-state index contributed by atoms with van der Waals surface area (Å²) >= 11 is 6.26. The van der Waals surface area contributed by atoms with Gasteiger partial charge in [-0.2, -0.15) is 13.2 Å². The van der Waals surface area contributed by atoms with Crippen LogP contribution in [0.1, 0.15) is 28.5 Å².